The Kier molecular flexibility index (Phi) is 3.92. The first-order chi connectivity index (χ1) is 6.27. The van der Waals surface area contributed by atoms with E-state index in [9.17, 15) is 0 Å². The summed E-state index contributed by atoms with van der Waals surface area (Å²) in [5, 5.41) is 13.0. The Labute approximate surface area is 78.1 Å². The Balaban J connectivity index is 2.50. The Hall–Kier alpha value is -0.870. The SMILES string of the molecule is COCCC(C)n1cc(CO)cn1. The maximum atomic E-state index is 8.83. The second-order valence-electron chi connectivity index (χ2n) is 3.12. The Morgan fingerprint density at radius 1 is 1.69 bits per heavy atom. The van der Waals surface area contributed by atoms with E-state index in [2.05, 4.69) is 12.0 Å². The summed E-state index contributed by atoms with van der Waals surface area (Å²) in [7, 11) is 1.69. The lowest BCUT2D eigenvalue weighted by Crippen LogP contribution is -2.08. The van der Waals surface area contributed by atoms with Crippen molar-refractivity contribution in [3.05, 3.63) is 18.0 Å². The maximum absolute atomic E-state index is 8.83. The summed E-state index contributed by atoms with van der Waals surface area (Å²) in [4.78, 5) is 0. The molecular formula is C9H16N2O2. The van der Waals surface area contributed by atoms with Gasteiger partial charge in [0.05, 0.1) is 18.8 Å². The minimum Gasteiger partial charge on any atom is -0.392 e. The molecule has 1 aromatic rings. The molecule has 1 rings (SSSR count). The summed E-state index contributed by atoms with van der Waals surface area (Å²) >= 11 is 0. The summed E-state index contributed by atoms with van der Waals surface area (Å²) < 4.78 is 6.83. The molecule has 13 heavy (non-hydrogen) atoms. The van der Waals surface area contributed by atoms with Crippen molar-refractivity contribution in [1.82, 2.24) is 9.78 Å². The van der Waals surface area contributed by atoms with Gasteiger partial charge in [-0.15, -0.1) is 0 Å². The maximum Gasteiger partial charge on any atom is 0.0712 e. The number of methoxy groups -OCH3 is 1. The van der Waals surface area contributed by atoms with Crippen LogP contribution in [-0.2, 0) is 11.3 Å². The van der Waals surface area contributed by atoms with E-state index in [4.69, 9.17) is 9.84 Å². The average molecular weight is 184 g/mol. The van der Waals surface area contributed by atoms with Crippen molar-refractivity contribution in [1.29, 1.82) is 0 Å². The summed E-state index contributed by atoms with van der Waals surface area (Å²) in [5.74, 6) is 0. The largest absolute Gasteiger partial charge is 0.392 e. The van der Waals surface area contributed by atoms with Crippen LogP contribution in [0.25, 0.3) is 0 Å². The molecule has 1 atom stereocenters. The quantitative estimate of drug-likeness (QED) is 0.741. The predicted octanol–water partition coefficient (Wildman–Crippen LogP) is 0.973. The average Bonchev–Trinajstić information content (AvgIpc) is 2.62. The van der Waals surface area contributed by atoms with Crippen molar-refractivity contribution in [2.24, 2.45) is 0 Å². The van der Waals surface area contributed by atoms with Crippen LogP contribution in [-0.4, -0.2) is 28.6 Å². The van der Waals surface area contributed by atoms with E-state index in [1.165, 1.54) is 0 Å². The van der Waals surface area contributed by atoms with Crippen molar-refractivity contribution in [2.45, 2.75) is 26.0 Å². The molecule has 0 aromatic carbocycles. The van der Waals surface area contributed by atoms with Gasteiger partial charge in [-0.25, -0.2) is 0 Å². The van der Waals surface area contributed by atoms with E-state index in [-0.39, 0.29) is 6.61 Å². The predicted molar refractivity (Wildman–Crippen MR) is 49.4 cm³/mol. The number of rotatable bonds is 5. The molecule has 1 N–H and O–H groups in total. The van der Waals surface area contributed by atoms with Crippen LogP contribution in [0.4, 0.5) is 0 Å². The monoisotopic (exact) mass is 184 g/mol. The molecule has 0 bridgehead atoms. The lowest BCUT2D eigenvalue weighted by atomic mass is 10.2. The van der Waals surface area contributed by atoms with Gasteiger partial charge in [-0.2, -0.15) is 5.10 Å². The summed E-state index contributed by atoms with van der Waals surface area (Å²) in [6, 6.07) is 0.320. The van der Waals surface area contributed by atoms with Gasteiger partial charge < -0.3 is 9.84 Å². The molecule has 4 nitrogen and oxygen atoms in total. The fourth-order valence-electron chi connectivity index (χ4n) is 1.12. The van der Waals surface area contributed by atoms with Crippen LogP contribution in [0.3, 0.4) is 0 Å². The van der Waals surface area contributed by atoms with E-state index >= 15 is 0 Å². The van der Waals surface area contributed by atoms with Gasteiger partial charge in [0, 0.05) is 25.5 Å². The zero-order valence-corrected chi connectivity index (χ0v) is 8.10. The molecule has 0 aliphatic rings. The summed E-state index contributed by atoms with van der Waals surface area (Å²) in [5.41, 5.74) is 0.851. The van der Waals surface area contributed by atoms with Gasteiger partial charge in [0.15, 0.2) is 0 Å². The second kappa shape index (κ2) is 4.99. The van der Waals surface area contributed by atoms with Crippen molar-refractivity contribution in [3.63, 3.8) is 0 Å². The van der Waals surface area contributed by atoms with Crippen LogP contribution in [0.5, 0.6) is 0 Å². The molecule has 1 unspecified atom stereocenters. The van der Waals surface area contributed by atoms with E-state index in [1.807, 2.05) is 10.9 Å². The van der Waals surface area contributed by atoms with E-state index in [0.29, 0.717) is 6.04 Å². The van der Waals surface area contributed by atoms with E-state index in [0.717, 1.165) is 18.6 Å². The first-order valence-corrected chi connectivity index (χ1v) is 4.40. The Bertz CT molecular complexity index is 248. The van der Waals surface area contributed by atoms with Gasteiger partial charge in [-0.1, -0.05) is 0 Å². The Morgan fingerprint density at radius 3 is 3.00 bits per heavy atom. The minimum atomic E-state index is 0.0526. The van der Waals surface area contributed by atoms with Gasteiger partial charge in [0.25, 0.3) is 0 Å². The molecule has 0 aliphatic carbocycles. The highest BCUT2D eigenvalue weighted by molar-refractivity contribution is 5.02. The topological polar surface area (TPSA) is 47.3 Å². The third kappa shape index (κ3) is 2.82. The van der Waals surface area contributed by atoms with Gasteiger partial charge in [0.2, 0.25) is 0 Å². The standard InChI is InChI=1S/C9H16N2O2/c1-8(3-4-13-2)11-6-9(7-12)5-10-11/h5-6,8,12H,3-4,7H2,1-2H3. The van der Waals surface area contributed by atoms with Crippen LogP contribution < -0.4 is 0 Å². The number of nitrogens with zero attached hydrogens (tertiary/aromatic N) is 2. The molecular weight excluding hydrogens is 168 g/mol. The molecule has 1 heterocycles. The summed E-state index contributed by atoms with van der Waals surface area (Å²) in [6.07, 6.45) is 4.48. The van der Waals surface area contributed by atoms with Crippen LogP contribution in [0, 0.1) is 0 Å². The van der Waals surface area contributed by atoms with Crippen molar-refractivity contribution < 1.29 is 9.84 Å². The van der Waals surface area contributed by atoms with E-state index < -0.39 is 0 Å². The number of aromatic nitrogens is 2. The van der Waals surface area contributed by atoms with Gasteiger partial charge in [-0.3, -0.25) is 4.68 Å². The summed E-state index contributed by atoms with van der Waals surface area (Å²) in [6.45, 7) is 2.86. The zero-order valence-electron chi connectivity index (χ0n) is 8.10. The lowest BCUT2D eigenvalue weighted by Gasteiger charge is -2.10. The van der Waals surface area contributed by atoms with Crippen molar-refractivity contribution >= 4 is 0 Å². The van der Waals surface area contributed by atoms with Gasteiger partial charge >= 0.3 is 0 Å². The highest BCUT2D eigenvalue weighted by atomic mass is 16.5. The third-order valence-electron chi connectivity index (χ3n) is 2.03. The van der Waals surface area contributed by atoms with Crippen LogP contribution >= 0.6 is 0 Å². The van der Waals surface area contributed by atoms with Gasteiger partial charge in [-0.05, 0) is 13.3 Å². The second-order valence-corrected chi connectivity index (χ2v) is 3.12. The molecule has 74 valence electrons. The molecule has 1 aromatic heterocycles. The number of hydrogen-bond acceptors (Lipinski definition) is 3. The zero-order chi connectivity index (χ0) is 9.68. The fourth-order valence-corrected chi connectivity index (χ4v) is 1.12. The normalized spacial score (nSPS) is 13.2. The molecule has 4 heteroatoms. The minimum absolute atomic E-state index is 0.0526. The van der Waals surface area contributed by atoms with Crippen molar-refractivity contribution in [2.75, 3.05) is 13.7 Å². The van der Waals surface area contributed by atoms with Crippen LogP contribution in [0.1, 0.15) is 24.9 Å². The first kappa shape index (κ1) is 10.2. The van der Waals surface area contributed by atoms with Crippen LogP contribution in [0.2, 0.25) is 0 Å². The molecule has 0 fully saturated rings. The highest BCUT2D eigenvalue weighted by Crippen LogP contribution is 2.10. The molecule has 0 radical (unpaired) electrons. The van der Waals surface area contributed by atoms with Gasteiger partial charge in [0.1, 0.15) is 0 Å². The highest BCUT2D eigenvalue weighted by Gasteiger charge is 2.05. The molecule has 0 amide bonds. The van der Waals surface area contributed by atoms with Crippen molar-refractivity contribution in [3.8, 4) is 0 Å². The number of hydrogen-bond donors (Lipinski definition) is 1. The number of ether oxygens (including phenoxy) is 1. The molecule has 0 saturated carbocycles. The smallest absolute Gasteiger partial charge is 0.0712 e. The number of aliphatic hydroxyl groups is 1. The molecule has 0 saturated heterocycles. The van der Waals surface area contributed by atoms with E-state index in [1.54, 1.807) is 13.3 Å². The Morgan fingerprint density at radius 2 is 2.46 bits per heavy atom. The van der Waals surface area contributed by atoms with Crippen LogP contribution in [0.15, 0.2) is 12.4 Å². The first-order valence-electron chi connectivity index (χ1n) is 4.40. The molecule has 0 spiro atoms. The molecule has 0 aliphatic heterocycles. The number of aliphatic hydroxyl groups excluding tert-OH is 1. The third-order valence-corrected chi connectivity index (χ3v) is 2.03. The lowest BCUT2D eigenvalue weighted by molar-refractivity contribution is 0.178. The fraction of sp³-hybridized carbons (Fsp3) is 0.667.